The molecule has 57 heavy (non-hydrogen) atoms. The molecule has 4 heterocycles. The van der Waals surface area contributed by atoms with Crippen molar-refractivity contribution in [1.29, 1.82) is 0 Å². The van der Waals surface area contributed by atoms with Crippen molar-refractivity contribution < 1.29 is 33.0 Å². The number of aromatic nitrogens is 4. The minimum absolute atomic E-state index is 0.193. The second-order valence-corrected chi connectivity index (χ2v) is 14.2. The predicted molar refractivity (Wildman–Crippen MR) is 222 cm³/mol. The van der Waals surface area contributed by atoms with E-state index >= 15 is 0 Å². The van der Waals surface area contributed by atoms with Crippen molar-refractivity contribution in [1.82, 2.24) is 19.9 Å². The van der Waals surface area contributed by atoms with Crippen molar-refractivity contribution in [2.75, 3.05) is 26.6 Å². The lowest BCUT2D eigenvalue weighted by atomic mass is 10.1. The lowest BCUT2D eigenvalue weighted by molar-refractivity contribution is 0.0699. The zero-order valence-electron chi connectivity index (χ0n) is 31.2. The fourth-order valence-corrected chi connectivity index (χ4v) is 6.57. The topological polar surface area (TPSA) is 169 Å². The Balaban J connectivity index is 0.000000145. The maximum Gasteiger partial charge on any atom is 0.427 e. The molecule has 8 aromatic rings. The molecular formula is C44H38N5O7P. The molecule has 0 aliphatic carbocycles. The molecule has 0 fully saturated rings. The summed E-state index contributed by atoms with van der Waals surface area (Å²) in [5.74, 6) is 1.64. The van der Waals surface area contributed by atoms with E-state index in [1.54, 1.807) is 69.2 Å². The summed E-state index contributed by atoms with van der Waals surface area (Å²) in [7, 11) is 0.107. The molecule has 0 unspecified atom stereocenters. The minimum Gasteiger partial charge on any atom is -0.497 e. The Bertz CT molecular complexity index is 2590. The first kappa shape index (κ1) is 39.4. The fourth-order valence-electron chi connectivity index (χ4n) is 5.52. The maximum absolute atomic E-state index is 12.1. The number of nitrogen functional groups attached to an aromatic ring is 1. The summed E-state index contributed by atoms with van der Waals surface area (Å²) in [6.07, 6.45) is 6.56. The second-order valence-electron chi connectivity index (χ2n) is 12.3. The Morgan fingerprint density at radius 3 is 1.49 bits per heavy atom. The van der Waals surface area contributed by atoms with Crippen LogP contribution in [0.15, 0.2) is 158 Å². The van der Waals surface area contributed by atoms with Crippen molar-refractivity contribution in [3.8, 4) is 45.5 Å². The number of hydrogen-bond acceptors (Lipinski definition) is 11. The van der Waals surface area contributed by atoms with E-state index in [9.17, 15) is 14.5 Å². The Hall–Kier alpha value is -7.30. The normalized spacial score (nSPS) is 10.6. The summed E-state index contributed by atoms with van der Waals surface area (Å²) >= 11 is 0. The first-order chi connectivity index (χ1) is 27.6. The van der Waals surface area contributed by atoms with Crippen molar-refractivity contribution in [3.05, 3.63) is 164 Å². The number of aromatic carboxylic acids is 1. The van der Waals surface area contributed by atoms with Crippen LogP contribution >= 0.6 is 7.60 Å². The zero-order valence-corrected chi connectivity index (χ0v) is 32.1. The van der Waals surface area contributed by atoms with Crippen LogP contribution in [0.3, 0.4) is 0 Å². The van der Waals surface area contributed by atoms with E-state index in [2.05, 4.69) is 19.9 Å². The highest BCUT2D eigenvalue weighted by atomic mass is 31.2. The van der Waals surface area contributed by atoms with Crippen molar-refractivity contribution in [2.45, 2.75) is 0 Å². The Kier molecular flexibility index (Phi) is 12.7. The van der Waals surface area contributed by atoms with Gasteiger partial charge in [-0.2, -0.15) is 0 Å². The number of nitrogens with two attached hydrogens (primary N) is 1. The molecule has 0 atom stereocenters. The summed E-state index contributed by atoms with van der Waals surface area (Å²) in [4.78, 5) is 28.5. The van der Waals surface area contributed by atoms with Gasteiger partial charge >= 0.3 is 13.6 Å². The summed E-state index contributed by atoms with van der Waals surface area (Å²) in [6.45, 7) is 1.45. The van der Waals surface area contributed by atoms with E-state index in [1.165, 1.54) is 12.9 Å². The standard InChI is InChI=1S/C16H12N2O3.C15H13N3O.C13H13O3P/c1-21-11-4-2-10(3-5-11)15-8-12(16(19)20)13-9-17-7-6-14(13)18-15;1-19-11-4-2-10(3-5-11)15-8-13(16)12-9-17-7-6-14(12)18-15;1-17(14,15-12-8-4-2-5-9-12)16-13-10-6-3-7-11-13/h2-9H,1H3,(H,19,20);2-9H,1H3,(H2,16,18);2-11H,1H3. The van der Waals surface area contributed by atoms with Gasteiger partial charge in [-0.1, -0.05) is 36.4 Å². The third kappa shape index (κ3) is 10.5. The first-order valence-corrected chi connectivity index (χ1v) is 19.5. The van der Waals surface area contributed by atoms with Gasteiger partial charge in [0.15, 0.2) is 0 Å². The van der Waals surface area contributed by atoms with E-state index in [4.69, 9.17) is 24.3 Å². The molecule has 13 heteroatoms. The van der Waals surface area contributed by atoms with Crippen LogP contribution in [0.4, 0.5) is 5.69 Å². The van der Waals surface area contributed by atoms with Crippen LogP contribution in [-0.2, 0) is 4.57 Å². The van der Waals surface area contributed by atoms with Gasteiger partial charge in [-0.25, -0.2) is 19.3 Å². The van der Waals surface area contributed by atoms with Crippen LogP contribution in [0, 0.1) is 0 Å². The summed E-state index contributed by atoms with van der Waals surface area (Å²) in [5, 5.41) is 10.8. The molecule has 0 aliphatic rings. The number of nitrogens with zero attached hydrogens (tertiary/aromatic N) is 4. The summed E-state index contributed by atoms with van der Waals surface area (Å²) in [5.41, 5.74) is 11.7. The number of carboxylic acids is 1. The monoisotopic (exact) mass is 779 g/mol. The number of pyridine rings is 4. The molecule has 0 amide bonds. The highest BCUT2D eigenvalue weighted by Gasteiger charge is 2.20. The van der Waals surface area contributed by atoms with Crippen molar-refractivity contribution >= 4 is 41.1 Å². The van der Waals surface area contributed by atoms with Gasteiger partial charge in [0.2, 0.25) is 0 Å². The maximum atomic E-state index is 12.1. The number of anilines is 1. The molecule has 0 bridgehead atoms. The Labute approximate surface area is 329 Å². The first-order valence-electron chi connectivity index (χ1n) is 17.5. The molecule has 0 aliphatic heterocycles. The highest BCUT2D eigenvalue weighted by molar-refractivity contribution is 7.53. The van der Waals surface area contributed by atoms with Gasteiger partial charge in [-0.05, 0) is 97.1 Å². The minimum atomic E-state index is -3.14. The van der Waals surface area contributed by atoms with Gasteiger partial charge in [-0.3, -0.25) is 9.97 Å². The van der Waals surface area contributed by atoms with Gasteiger partial charge in [0.1, 0.15) is 23.0 Å². The fraction of sp³-hybridized carbons (Fsp3) is 0.0682. The van der Waals surface area contributed by atoms with E-state index < -0.39 is 13.6 Å². The second kappa shape index (κ2) is 18.4. The summed E-state index contributed by atoms with van der Waals surface area (Å²) in [6, 6.07) is 40.0. The number of fused-ring (bicyclic) bond motifs is 2. The van der Waals surface area contributed by atoms with Crippen LogP contribution in [-0.4, -0.2) is 51.9 Å². The van der Waals surface area contributed by atoms with Crippen LogP contribution in [0.1, 0.15) is 10.4 Å². The molecule has 0 radical (unpaired) electrons. The van der Waals surface area contributed by atoms with Gasteiger partial charge in [-0.15, -0.1) is 0 Å². The van der Waals surface area contributed by atoms with Crippen molar-refractivity contribution in [2.24, 2.45) is 0 Å². The van der Waals surface area contributed by atoms with Gasteiger partial charge in [0.25, 0.3) is 0 Å². The molecule has 0 spiro atoms. The average Bonchev–Trinajstić information content (AvgIpc) is 3.24. The zero-order chi connectivity index (χ0) is 40.2. The number of rotatable bonds is 9. The lowest BCUT2D eigenvalue weighted by Gasteiger charge is -2.15. The van der Waals surface area contributed by atoms with Gasteiger partial charge in [0, 0.05) is 52.4 Å². The van der Waals surface area contributed by atoms with Crippen LogP contribution in [0.5, 0.6) is 23.0 Å². The number of ether oxygens (including phenoxy) is 2. The molecule has 8 rings (SSSR count). The SMILES string of the molecule is COc1ccc(-c2cc(C(=O)O)c3cnccc3n2)cc1.COc1ccc(-c2cc(N)c3cnccc3n2)cc1.CP(=O)(Oc1ccccc1)Oc1ccccc1. The number of carboxylic acid groups (broad SMARTS) is 1. The third-order valence-electron chi connectivity index (χ3n) is 8.28. The smallest absolute Gasteiger partial charge is 0.427 e. The molecule has 0 saturated carbocycles. The summed E-state index contributed by atoms with van der Waals surface area (Å²) < 4.78 is 33.0. The van der Waals surface area contributed by atoms with Gasteiger partial charge in [0.05, 0.1) is 48.9 Å². The molecule has 4 aromatic carbocycles. The molecule has 3 N–H and O–H groups in total. The number of benzene rings is 4. The third-order valence-corrected chi connectivity index (χ3v) is 9.37. The lowest BCUT2D eigenvalue weighted by Crippen LogP contribution is -2.00. The van der Waals surface area contributed by atoms with E-state index in [1.807, 2.05) is 97.1 Å². The van der Waals surface area contributed by atoms with Gasteiger partial charge < -0.3 is 29.4 Å². The number of carbonyl (C=O) groups is 1. The Morgan fingerprint density at radius 1 is 0.596 bits per heavy atom. The van der Waals surface area contributed by atoms with Crippen LogP contribution in [0.25, 0.3) is 44.3 Å². The predicted octanol–water partition coefficient (Wildman–Crippen LogP) is 9.86. The quantitative estimate of drug-likeness (QED) is 0.133. The molecule has 286 valence electrons. The number of para-hydroxylation sites is 2. The highest BCUT2D eigenvalue weighted by Crippen LogP contribution is 2.44. The molecule has 12 nitrogen and oxygen atoms in total. The van der Waals surface area contributed by atoms with Crippen LogP contribution in [0.2, 0.25) is 0 Å². The molecule has 4 aromatic heterocycles. The van der Waals surface area contributed by atoms with E-state index in [0.29, 0.717) is 33.8 Å². The largest absolute Gasteiger partial charge is 0.497 e. The Morgan fingerprint density at radius 2 is 1.04 bits per heavy atom. The van der Waals surface area contributed by atoms with E-state index in [0.717, 1.165) is 39.2 Å². The molecular weight excluding hydrogens is 741 g/mol. The van der Waals surface area contributed by atoms with E-state index in [-0.39, 0.29) is 5.56 Å². The number of hydrogen-bond donors (Lipinski definition) is 2. The number of methoxy groups -OCH3 is 2. The van der Waals surface area contributed by atoms with Crippen molar-refractivity contribution in [3.63, 3.8) is 0 Å². The average molecular weight is 780 g/mol. The molecule has 0 saturated heterocycles. The van der Waals surface area contributed by atoms with Crippen LogP contribution < -0.4 is 24.3 Å².